The van der Waals surface area contributed by atoms with Gasteiger partial charge in [-0.3, -0.25) is 0 Å². The van der Waals surface area contributed by atoms with Crippen LogP contribution in [0.3, 0.4) is 0 Å². The molecule has 2 rings (SSSR count). The number of aryl methyl sites for hydroxylation is 1. The van der Waals surface area contributed by atoms with E-state index in [4.69, 9.17) is 9.63 Å². The molecule has 0 saturated carbocycles. The highest BCUT2D eigenvalue weighted by molar-refractivity contribution is 5.88. The van der Waals surface area contributed by atoms with Gasteiger partial charge >= 0.3 is 5.97 Å². The van der Waals surface area contributed by atoms with Crippen molar-refractivity contribution in [1.29, 1.82) is 0 Å². The van der Waals surface area contributed by atoms with Gasteiger partial charge in [-0.1, -0.05) is 11.2 Å². The largest absolute Gasteiger partial charge is 0.478 e. The molecule has 2 N–H and O–H groups in total. The molecule has 0 amide bonds. The second kappa shape index (κ2) is 4.87. The van der Waals surface area contributed by atoms with Crippen LogP contribution in [0.2, 0.25) is 0 Å². The zero-order chi connectivity index (χ0) is 13.1. The fraction of sp³-hybridized carbons (Fsp3) is 0.167. The minimum Gasteiger partial charge on any atom is -0.478 e. The van der Waals surface area contributed by atoms with Crippen molar-refractivity contribution in [3.8, 4) is 0 Å². The number of hydrogen-bond acceptors (Lipinski definition) is 4. The molecule has 0 atom stereocenters. The summed E-state index contributed by atoms with van der Waals surface area (Å²) in [7, 11) is 0. The summed E-state index contributed by atoms with van der Waals surface area (Å²) in [5.74, 6) is -1.37. The molecule has 1 aromatic carbocycles. The zero-order valence-corrected chi connectivity index (χ0v) is 9.61. The number of halogens is 1. The van der Waals surface area contributed by atoms with Gasteiger partial charge in [0.25, 0.3) is 0 Å². The van der Waals surface area contributed by atoms with E-state index in [1.807, 2.05) is 0 Å². The van der Waals surface area contributed by atoms with Crippen LogP contribution in [0.25, 0.3) is 0 Å². The van der Waals surface area contributed by atoms with Gasteiger partial charge in [-0.15, -0.1) is 0 Å². The number of carboxylic acids is 1. The minimum atomic E-state index is -1.13. The van der Waals surface area contributed by atoms with E-state index in [1.165, 1.54) is 6.07 Å². The van der Waals surface area contributed by atoms with Crippen LogP contribution in [0.15, 0.2) is 28.9 Å². The van der Waals surface area contributed by atoms with Crippen LogP contribution in [0.5, 0.6) is 0 Å². The molecule has 6 heteroatoms. The number of nitrogens with one attached hydrogen (secondary N) is 1. The average Bonchev–Trinajstić information content (AvgIpc) is 2.76. The van der Waals surface area contributed by atoms with E-state index < -0.39 is 11.8 Å². The molecule has 94 valence electrons. The van der Waals surface area contributed by atoms with Gasteiger partial charge in [0.05, 0.1) is 18.4 Å². The first-order chi connectivity index (χ1) is 8.58. The summed E-state index contributed by atoms with van der Waals surface area (Å²) in [5.41, 5.74) is 1.06. The summed E-state index contributed by atoms with van der Waals surface area (Å²) in [6.07, 6.45) is 1.12. The number of anilines is 1. The Labute approximate surface area is 102 Å². The molecule has 18 heavy (non-hydrogen) atoms. The summed E-state index contributed by atoms with van der Waals surface area (Å²) in [5, 5.41) is 15.0. The maximum atomic E-state index is 13.5. The molecular formula is C12H11FN2O3. The van der Waals surface area contributed by atoms with Crippen molar-refractivity contribution in [1.82, 2.24) is 5.16 Å². The lowest BCUT2D eigenvalue weighted by Gasteiger charge is -2.06. The van der Waals surface area contributed by atoms with E-state index in [1.54, 1.807) is 19.1 Å². The summed E-state index contributed by atoms with van der Waals surface area (Å²) in [4.78, 5) is 10.8. The Morgan fingerprint density at radius 3 is 3.00 bits per heavy atom. The van der Waals surface area contributed by atoms with Crippen molar-refractivity contribution < 1.29 is 18.8 Å². The molecule has 2 aromatic rings. The number of nitrogens with zero attached hydrogens (tertiary/aromatic N) is 1. The van der Waals surface area contributed by atoms with E-state index in [0.717, 1.165) is 11.8 Å². The molecule has 1 aromatic heterocycles. The number of hydrogen-bond donors (Lipinski definition) is 2. The lowest BCUT2D eigenvalue weighted by molar-refractivity contribution is 0.0694. The first-order valence-corrected chi connectivity index (χ1v) is 5.25. The molecule has 5 nitrogen and oxygen atoms in total. The van der Waals surface area contributed by atoms with Crippen LogP contribution >= 0.6 is 0 Å². The van der Waals surface area contributed by atoms with Gasteiger partial charge < -0.3 is 14.9 Å². The number of aromatic nitrogens is 1. The monoisotopic (exact) mass is 250 g/mol. The van der Waals surface area contributed by atoms with Crippen molar-refractivity contribution >= 4 is 11.7 Å². The predicted octanol–water partition coefficient (Wildman–Crippen LogP) is 2.43. The highest BCUT2D eigenvalue weighted by atomic mass is 19.1. The van der Waals surface area contributed by atoms with Crippen LogP contribution in [-0.2, 0) is 6.54 Å². The molecule has 0 radical (unpaired) electrons. The lowest BCUT2D eigenvalue weighted by Crippen LogP contribution is -2.05. The van der Waals surface area contributed by atoms with Crippen LogP contribution in [0, 0.1) is 12.7 Å². The van der Waals surface area contributed by atoms with Gasteiger partial charge in [-0.2, -0.15) is 0 Å². The second-order valence-electron chi connectivity index (χ2n) is 3.80. The van der Waals surface area contributed by atoms with Gasteiger partial charge in [-0.05, 0) is 24.6 Å². The summed E-state index contributed by atoms with van der Waals surface area (Å²) < 4.78 is 18.3. The van der Waals surface area contributed by atoms with Gasteiger partial charge in [-0.25, -0.2) is 9.18 Å². The Morgan fingerprint density at radius 1 is 1.56 bits per heavy atom. The molecule has 0 fully saturated rings. The summed E-state index contributed by atoms with van der Waals surface area (Å²) in [6.45, 7) is 1.84. The van der Waals surface area contributed by atoms with Gasteiger partial charge in [0.1, 0.15) is 11.4 Å². The Morgan fingerprint density at radius 2 is 2.33 bits per heavy atom. The van der Waals surface area contributed by atoms with Crippen LogP contribution in [0.4, 0.5) is 10.1 Å². The third-order valence-electron chi connectivity index (χ3n) is 2.44. The molecule has 1 heterocycles. The quantitative estimate of drug-likeness (QED) is 0.871. The van der Waals surface area contributed by atoms with Crippen LogP contribution in [-0.4, -0.2) is 16.2 Å². The number of carbonyl (C=O) groups is 1. The fourth-order valence-corrected chi connectivity index (χ4v) is 1.50. The van der Waals surface area contributed by atoms with Gasteiger partial charge in [0.15, 0.2) is 5.76 Å². The highest BCUT2D eigenvalue weighted by Crippen LogP contribution is 2.17. The van der Waals surface area contributed by atoms with Gasteiger partial charge in [0.2, 0.25) is 0 Å². The Balaban J connectivity index is 2.11. The van der Waals surface area contributed by atoms with E-state index in [2.05, 4.69) is 10.5 Å². The number of benzene rings is 1. The van der Waals surface area contributed by atoms with Gasteiger partial charge in [0, 0.05) is 0 Å². The third-order valence-corrected chi connectivity index (χ3v) is 2.44. The number of rotatable bonds is 4. The van der Waals surface area contributed by atoms with Crippen LogP contribution in [0.1, 0.15) is 21.7 Å². The molecule has 0 aliphatic rings. The Bertz CT molecular complexity index is 580. The lowest BCUT2D eigenvalue weighted by atomic mass is 10.2. The van der Waals surface area contributed by atoms with E-state index in [0.29, 0.717) is 0 Å². The predicted molar refractivity (Wildman–Crippen MR) is 61.9 cm³/mol. The Kier molecular flexibility index (Phi) is 3.27. The average molecular weight is 250 g/mol. The van der Waals surface area contributed by atoms with Crippen molar-refractivity contribution in [2.45, 2.75) is 13.5 Å². The molecule has 0 aliphatic carbocycles. The third kappa shape index (κ3) is 2.48. The zero-order valence-electron chi connectivity index (χ0n) is 9.61. The molecule has 0 unspecified atom stereocenters. The highest BCUT2D eigenvalue weighted by Gasteiger charge is 2.15. The summed E-state index contributed by atoms with van der Waals surface area (Å²) >= 11 is 0. The van der Waals surface area contributed by atoms with E-state index in [-0.39, 0.29) is 23.6 Å². The van der Waals surface area contributed by atoms with E-state index in [9.17, 15) is 9.18 Å². The second-order valence-corrected chi connectivity index (χ2v) is 3.80. The number of aromatic carboxylic acids is 1. The first kappa shape index (κ1) is 12.1. The molecule has 0 saturated heterocycles. The molecule has 0 aliphatic heterocycles. The van der Waals surface area contributed by atoms with Crippen molar-refractivity contribution in [3.63, 3.8) is 0 Å². The maximum Gasteiger partial charge on any atom is 0.341 e. The van der Waals surface area contributed by atoms with Crippen molar-refractivity contribution in [2.75, 3.05) is 5.32 Å². The minimum absolute atomic E-state index is 0.0324. The number of carboxylic acid groups (broad SMARTS) is 1. The van der Waals surface area contributed by atoms with Crippen molar-refractivity contribution in [3.05, 3.63) is 47.1 Å². The molecular weight excluding hydrogens is 239 g/mol. The summed E-state index contributed by atoms with van der Waals surface area (Å²) in [6, 6.07) is 4.73. The smallest absolute Gasteiger partial charge is 0.341 e. The first-order valence-electron chi connectivity index (χ1n) is 5.25. The van der Waals surface area contributed by atoms with Crippen molar-refractivity contribution in [2.24, 2.45) is 0 Å². The Hall–Kier alpha value is -2.37. The fourth-order valence-electron chi connectivity index (χ4n) is 1.50. The molecule has 0 spiro atoms. The van der Waals surface area contributed by atoms with Crippen LogP contribution < -0.4 is 5.32 Å². The SMILES string of the molecule is Cc1ccc(NCc2oncc2C(=O)O)c(F)c1. The topological polar surface area (TPSA) is 75.4 Å². The van der Waals surface area contributed by atoms with E-state index >= 15 is 0 Å². The molecule has 0 bridgehead atoms. The normalized spacial score (nSPS) is 10.3. The standard InChI is InChI=1S/C12H11FN2O3/c1-7-2-3-10(9(13)4-7)14-6-11-8(12(16)17)5-15-18-11/h2-5,14H,6H2,1H3,(H,16,17). The maximum absolute atomic E-state index is 13.5.